The average molecular weight is 328 g/mol. The van der Waals surface area contributed by atoms with Crippen molar-refractivity contribution < 1.29 is 4.42 Å². The van der Waals surface area contributed by atoms with Gasteiger partial charge in [0.2, 0.25) is 0 Å². The van der Waals surface area contributed by atoms with E-state index in [1.165, 1.54) is 0 Å². The molecule has 0 radical (unpaired) electrons. The number of furan rings is 1. The van der Waals surface area contributed by atoms with Gasteiger partial charge in [0.25, 0.3) is 0 Å². The molecule has 3 rings (SSSR count). The maximum atomic E-state index is 6.19. The van der Waals surface area contributed by atoms with Gasteiger partial charge in [-0.15, -0.1) is 0 Å². The Labute approximate surface area is 130 Å². The maximum Gasteiger partial charge on any atom is 0.155 e. The smallest absolute Gasteiger partial charge is 0.155 e. The summed E-state index contributed by atoms with van der Waals surface area (Å²) in [4.78, 5) is 4.38. The number of hydrogen-bond donors (Lipinski definition) is 1. The van der Waals surface area contributed by atoms with E-state index in [1.54, 1.807) is 19.2 Å². The first-order valence-corrected chi connectivity index (χ1v) is 6.95. The first kappa shape index (κ1) is 13.6. The van der Waals surface area contributed by atoms with E-state index in [0.717, 1.165) is 11.0 Å². The Morgan fingerprint density at radius 2 is 1.85 bits per heavy atom. The number of aromatic nitrogens is 1. The number of nitrogens with one attached hydrogen (secondary N) is 1. The van der Waals surface area contributed by atoms with Gasteiger partial charge < -0.3 is 9.73 Å². The van der Waals surface area contributed by atoms with Gasteiger partial charge in [0.15, 0.2) is 5.76 Å². The molecule has 0 amide bonds. The molecule has 0 bridgehead atoms. The van der Waals surface area contributed by atoms with E-state index in [-0.39, 0.29) is 0 Å². The number of anilines is 1. The molecule has 0 saturated heterocycles. The Hall–Kier alpha value is -1.42. The highest BCUT2D eigenvalue weighted by molar-refractivity contribution is 6.37. The van der Waals surface area contributed by atoms with Crippen LogP contribution >= 0.6 is 34.8 Å². The standard InChI is InChI=1S/C14H9Cl3N2O/c1-18-14-10(17)6-9(16)13(19-14)12-5-7-4-8(15)2-3-11(7)20-12/h2-6H,1H3,(H,18,19). The lowest BCUT2D eigenvalue weighted by Gasteiger charge is -2.06. The first-order chi connectivity index (χ1) is 9.58. The summed E-state index contributed by atoms with van der Waals surface area (Å²) in [5, 5.41) is 5.34. The molecule has 6 heteroatoms. The summed E-state index contributed by atoms with van der Waals surface area (Å²) < 4.78 is 5.75. The highest BCUT2D eigenvalue weighted by Gasteiger charge is 2.14. The molecule has 0 fully saturated rings. The van der Waals surface area contributed by atoms with Gasteiger partial charge in [-0.05, 0) is 30.3 Å². The van der Waals surface area contributed by atoms with Crippen molar-refractivity contribution in [3.63, 3.8) is 0 Å². The number of nitrogens with zero attached hydrogens (tertiary/aromatic N) is 1. The minimum absolute atomic E-state index is 0.430. The van der Waals surface area contributed by atoms with Crippen molar-refractivity contribution in [1.29, 1.82) is 0 Å². The molecule has 1 aromatic carbocycles. The summed E-state index contributed by atoms with van der Waals surface area (Å²) in [7, 11) is 1.74. The number of benzene rings is 1. The zero-order valence-electron chi connectivity index (χ0n) is 10.4. The molecule has 0 aliphatic carbocycles. The fourth-order valence-electron chi connectivity index (χ4n) is 1.95. The van der Waals surface area contributed by atoms with Crippen molar-refractivity contribution in [2.45, 2.75) is 0 Å². The normalized spacial score (nSPS) is 11.0. The lowest BCUT2D eigenvalue weighted by atomic mass is 10.2. The number of rotatable bonds is 2. The molecule has 3 nitrogen and oxygen atoms in total. The molecule has 0 aliphatic heterocycles. The van der Waals surface area contributed by atoms with Crippen molar-refractivity contribution >= 4 is 51.6 Å². The predicted molar refractivity (Wildman–Crippen MR) is 84.0 cm³/mol. The van der Waals surface area contributed by atoms with Crippen LogP contribution in [0, 0.1) is 0 Å². The lowest BCUT2D eigenvalue weighted by Crippen LogP contribution is -1.95. The first-order valence-electron chi connectivity index (χ1n) is 5.82. The summed E-state index contributed by atoms with van der Waals surface area (Å²) in [6.07, 6.45) is 0. The van der Waals surface area contributed by atoms with Gasteiger partial charge >= 0.3 is 0 Å². The van der Waals surface area contributed by atoms with Gasteiger partial charge in [-0.1, -0.05) is 34.8 Å². The lowest BCUT2D eigenvalue weighted by molar-refractivity contribution is 0.629. The van der Waals surface area contributed by atoms with Crippen LogP contribution in [0.3, 0.4) is 0 Å². The number of halogens is 3. The third-order valence-electron chi connectivity index (χ3n) is 2.88. The maximum absolute atomic E-state index is 6.19. The SMILES string of the molecule is CNc1nc(-c2cc3cc(Cl)ccc3o2)c(Cl)cc1Cl. The van der Waals surface area contributed by atoms with Crippen LogP contribution in [0.4, 0.5) is 5.82 Å². The van der Waals surface area contributed by atoms with Crippen molar-refractivity contribution in [2.24, 2.45) is 0 Å². The molecule has 20 heavy (non-hydrogen) atoms. The third kappa shape index (κ3) is 2.33. The number of hydrogen-bond acceptors (Lipinski definition) is 3. The molecular formula is C14H9Cl3N2O. The minimum Gasteiger partial charge on any atom is -0.454 e. The molecule has 0 aliphatic rings. The molecule has 0 atom stereocenters. The zero-order valence-corrected chi connectivity index (χ0v) is 12.6. The van der Waals surface area contributed by atoms with E-state index < -0.39 is 0 Å². The monoisotopic (exact) mass is 326 g/mol. The van der Waals surface area contributed by atoms with Crippen molar-refractivity contribution in [3.05, 3.63) is 45.4 Å². The highest BCUT2D eigenvalue weighted by Crippen LogP contribution is 2.35. The quantitative estimate of drug-likeness (QED) is 0.675. The van der Waals surface area contributed by atoms with Crippen LogP contribution in [0.25, 0.3) is 22.4 Å². The highest BCUT2D eigenvalue weighted by atomic mass is 35.5. The topological polar surface area (TPSA) is 38.1 Å². The van der Waals surface area contributed by atoms with E-state index in [4.69, 9.17) is 39.2 Å². The van der Waals surface area contributed by atoms with Crippen LogP contribution in [0.2, 0.25) is 15.1 Å². The number of pyridine rings is 1. The molecule has 1 N–H and O–H groups in total. The molecular weight excluding hydrogens is 319 g/mol. The Balaban J connectivity index is 2.19. The molecule has 102 valence electrons. The van der Waals surface area contributed by atoms with Gasteiger partial charge in [0, 0.05) is 17.5 Å². The molecule has 0 saturated carbocycles. The van der Waals surface area contributed by atoms with Gasteiger partial charge in [-0.25, -0.2) is 4.98 Å². The van der Waals surface area contributed by atoms with Gasteiger partial charge in [0.1, 0.15) is 17.1 Å². The van der Waals surface area contributed by atoms with Crippen molar-refractivity contribution in [1.82, 2.24) is 4.98 Å². The van der Waals surface area contributed by atoms with E-state index >= 15 is 0 Å². The van der Waals surface area contributed by atoms with Crippen LogP contribution in [-0.2, 0) is 0 Å². The van der Waals surface area contributed by atoms with Gasteiger partial charge in [-0.2, -0.15) is 0 Å². The Kier molecular flexibility index (Phi) is 3.50. The summed E-state index contributed by atoms with van der Waals surface area (Å²) in [5.74, 6) is 1.12. The zero-order chi connectivity index (χ0) is 14.3. The second kappa shape index (κ2) is 5.17. The van der Waals surface area contributed by atoms with Gasteiger partial charge in [-0.3, -0.25) is 0 Å². The van der Waals surface area contributed by atoms with Crippen LogP contribution < -0.4 is 5.32 Å². The van der Waals surface area contributed by atoms with E-state index in [1.807, 2.05) is 18.2 Å². The molecule has 0 spiro atoms. The van der Waals surface area contributed by atoms with Crippen molar-refractivity contribution in [2.75, 3.05) is 12.4 Å². The van der Waals surface area contributed by atoms with E-state index in [2.05, 4.69) is 10.3 Å². The van der Waals surface area contributed by atoms with Crippen LogP contribution in [0.1, 0.15) is 0 Å². The molecule has 0 unspecified atom stereocenters. The Bertz CT molecular complexity index is 798. The summed E-state index contributed by atoms with van der Waals surface area (Å²) >= 11 is 18.2. The van der Waals surface area contributed by atoms with Crippen LogP contribution in [-0.4, -0.2) is 12.0 Å². The number of fused-ring (bicyclic) bond motifs is 1. The van der Waals surface area contributed by atoms with Gasteiger partial charge in [0.05, 0.1) is 10.0 Å². The molecule has 3 aromatic rings. The van der Waals surface area contributed by atoms with E-state index in [9.17, 15) is 0 Å². The largest absolute Gasteiger partial charge is 0.454 e. The second-order valence-corrected chi connectivity index (χ2v) is 5.44. The summed E-state index contributed by atoms with van der Waals surface area (Å²) in [6, 6.07) is 8.89. The van der Waals surface area contributed by atoms with Crippen LogP contribution in [0.5, 0.6) is 0 Å². The third-order valence-corrected chi connectivity index (χ3v) is 3.69. The predicted octanol–water partition coefficient (Wildman–Crippen LogP) is 5.50. The minimum atomic E-state index is 0.430. The average Bonchev–Trinajstić information content (AvgIpc) is 2.81. The fourth-order valence-corrected chi connectivity index (χ4v) is 2.67. The van der Waals surface area contributed by atoms with Crippen LogP contribution in [0.15, 0.2) is 34.7 Å². The fraction of sp³-hybridized carbons (Fsp3) is 0.0714. The molecule has 2 heterocycles. The molecule has 2 aromatic heterocycles. The summed E-state index contributed by atoms with van der Waals surface area (Å²) in [6.45, 7) is 0. The summed E-state index contributed by atoms with van der Waals surface area (Å²) in [5.41, 5.74) is 1.26. The Morgan fingerprint density at radius 1 is 1.05 bits per heavy atom. The van der Waals surface area contributed by atoms with E-state index in [0.29, 0.717) is 32.3 Å². The Morgan fingerprint density at radius 3 is 2.60 bits per heavy atom. The second-order valence-electron chi connectivity index (χ2n) is 4.19. The van der Waals surface area contributed by atoms with Crippen molar-refractivity contribution in [3.8, 4) is 11.5 Å².